The fourth-order valence-electron chi connectivity index (χ4n) is 3.16. The van der Waals surface area contributed by atoms with E-state index in [4.69, 9.17) is 23.2 Å². The zero-order valence-corrected chi connectivity index (χ0v) is 20.9. The summed E-state index contributed by atoms with van der Waals surface area (Å²) in [6.45, 7) is 6.46. The number of benzene rings is 2. The van der Waals surface area contributed by atoms with Crippen LogP contribution in [0.25, 0.3) is 0 Å². The maximum absolute atomic E-state index is 12.6. The number of nitrogens with one attached hydrogen (secondary N) is 2. The molecule has 10 heteroatoms. The van der Waals surface area contributed by atoms with Gasteiger partial charge in [0, 0.05) is 17.8 Å². The quantitative estimate of drug-likeness (QED) is 0.380. The summed E-state index contributed by atoms with van der Waals surface area (Å²) in [4.78, 5) is 25.0. The Balaban J connectivity index is 1.61. The molecule has 0 aliphatic heterocycles. The van der Waals surface area contributed by atoms with Gasteiger partial charge in [-0.05, 0) is 56.2 Å². The third-order valence-electron chi connectivity index (χ3n) is 4.96. The Morgan fingerprint density at radius 2 is 1.79 bits per heavy atom. The summed E-state index contributed by atoms with van der Waals surface area (Å²) in [5, 5.41) is 15.6. The van der Waals surface area contributed by atoms with Crippen LogP contribution >= 0.6 is 35.0 Å². The summed E-state index contributed by atoms with van der Waals surface area (Å²) < 4.78 is 1.88. The number of amides is 2. The maximum Gasteiger partial charge on any atom is 0.251 e. The Kier molecular flexibility index (Phi) is 8.77. The first kappa shape index (κ1) is 25.1. The number of nitrogens with zero attached hydrogens (tertiary/aromatic N) is 3. The van der Waals surface area contributed by atoms with Crippen molar-refractivity contribution >= 4 is 52.5 Å². The van der Waals surface area contributed by atoms with Crippen LogP contribution in [0, 0.1) is 0 Å². The highest BCUT2D eigenvalue weighted by Crippen LogP contribution is 2.24. The van der Waals surface area contributed by atoms with Gasteiger partial charge in [0.15, 0.2) is 11.0 Å². The third-order valence-corrected chi connectivity index (χ3v) is 6.66. The molecule has 0 saturated heterocycles. The average molecular weight is 506 g/mol. The van der Waals surface area contributed by atoms with E-state index in [9.17, 15) is 9.59 Å². The van der Waals surface area contributed by atoms with Crippen molar-refractivity contribution in [3.05, 3.63) is 69.5 Å². The lowest BCUT2D eigenvalue weighted by atomic mass is 10.1. The van der Waals surface area contributed by atoms with E-state index in [1.165, 1.54) is 23.4 Å². The number of rotatable bonds is 9. The Morgan fingerprint density at radius 3 is 2.42 bits per heavy atom. The minimum atomic E-state index is -0.403. The first-order valence-corrected chi connectivity index (χ1v) is 12.3. The lowest BCUT2D eigenvalue weighted by Gasteiger charge is -2.15. The standard InChI is InChI=1S/C23H25Cl2N5O2S/c1-4-15-6-9-17(10-7-15)27-20(31)13-33-23-29-28-21(30(23)5-2)14(3)26-22(32)16-8-11-18(24)19(25)12-16/h6-12,14H,4-5,13H2,1-3H3,(H,26,32)(H,27,31)/t14-/m0/s1. The first-order valence-electron chi connectivity index (χ1n) is 10.5. The van der Waals surface area contributed by atoms with Gasteiger partial charge in [0.1, 0.15) is 0 Å². The van der Waals surface area contributed by atoms with Gasteiger partial charge in [-0.25, -0.2) is 0 Å². The Morgan fingerprint density at radius 1 is 1.06 bits per heavy atom. The molecule has 3 aromatic rings. The van der Waals surface area contributed by atoms with Crippen LogP contribution in [0.1, 0.15) is 48.6 Å². The predicted molar refractivity (Wildman–Crippen MR) is 133 cm³/mol. The van der Waals surface area contributed by atoms with E-state index in [1.807, 2.05) is 42.7 Å². The van der Waals surface area contributed by atoms with Crippen LogP contribution in [0.4, 0.5) is 5.69 Å². The number of carbonyl (C=O) groups is 2. The van der Waals surface area contributed by atoms with E-state index >= 15 is 0 Å². The van der Waals surface area contributed by atoms with E-state index in [1.54, 1.807) is 12.1 Å². The van der Waals surface area contributed by atoms with E-state index < -0.39 is 6.04 Å². The molecular weight excluding hydrogens is 481 g/mol. The first-order chi connectivity index (χ1) is 15.8. The highest BCUT2D eigenvalue weighted by molar-refractivity contribution is 7.99. The smallest absolute Gasteiger partial charge is 0.251 e. The van der Waals surface area contributed by atoms with E-state index in [2.05, 4.69) is 27.8 Å². The molecule has 3 rings (SSSR count). The van der Waals surface area contributed by atoms with Crippen molar-refractivity contribution in [3.63, 3.8) is 0 Å². The Labute approximate surface area is 207 Å². The molecule has 0 aliphatic carbocycles. The molecule has 7 nitrogen and oxygen atoms in total. The number of hydrogen-bond donors (Lipinski definition) is 2. The highest BCUT2D eigenvalue weighted by Gasteiger charge is 2.20. The summed E-state index contributed by atoms with van der Waals surface area (Å²) in [5.74, 6) is 0.369. The fraction of sp³-hybridized carbons (Fsp3) is 0.304. The molecule has 0 spiro atoms. The second-order valence-electron chi connectivity index (χ2n) is 7.30. The third kappa shape index (κ3) is 6.50. The summed E-state index contributed by atoms with van der Waals surface area (Å²) >= 11 is 13.2. The minimum Gasteiger partial charge on any atom is -0.342 e. The van der Waals surface area contributed by atoms with Crippen molar-refractivity contribution in [1.29, 1.82) is 0 Å². The van der Waals surface area contributed by atoms with E-state index in [0.717, 1.165) is 12.1 Å². The van der Waals surface area contributed by atoms with Gasteiger partial charge in [0.2, 0.25) is 5.91 Å². The highest BCUT2D eigenvalue weighted by atomic mass is 35.5. The molecule has 0 unspecified atom stereocenters. The van der Waals surface area contributed by atoms with Crippen molar-refractivity contribution in [1.82, 2.24) is 20.1 Å². The van der Waals surface area contributed by atoms with Gasteiger partial charge < -0.3 is 15.2 Å². The van der Waals surface area contributed by atoms with Gasteiger partial charge >= 0.3 is 0 Å². The van der Waals surface area contributed by atoms with Gasteiger partial charge in [-0.15, -0.1) is 10.2 Å². The lowest BCUT2D eigenvalue weighted by Crippen LogP contribution is -2.28. The number of halogens is 2. The van der Waals surface area contributed by atoms with Gasteiger partial charge in [-0.2, -0.15) is 0 Å². The maximum atomic E-state index is 12.6. The molecule has 0 fully saturated rings. The van der Waals surface area contributed by atoms with Crippen molar-refractivity contribution < 1.29 is 9.59 Å². The van der Waals surface area contributed by atoms with Crippen LogP contribution in [0.15, 0.2) is 47.6 Å². The summed E-state index contributed by atoms with van der Waals surface area (Å²) in [7, 11) is 0. The number of aryl methyl sites for hydroxylation is 1. The van der Waals surface area contributed by atoms with E-state index in [-0.39, 0.29) is 17.6 Å². The minimum absolute atomic E-state index is 0.127. The van der Waals surface area contributed by atoms with Crippen molar-refractivity contribution in [2.75, 3.05) is 11.1 Å². The van der Waals surface area contributed by atoms with E-state index in [0.29, 0.717) is 33.1 Å². The van der Waals surface area contributed by atoms with Crippen LogP contribution in [-0.4, -0.2) is 32.3 Å². The molecule has 2 aromatic carbocycles. The van der Waals surface area contributed by atoms with Gasteiger partial charge in [0.25, 0.3) is 5.91 Å². The second-order valence-corrected chi connectivity index (χ2v) is 9.05. The molecule has 0 aliphatic rings. The number of carbonyl (C=O) groups excluding carboxylic acids is 2. The van der Waals surface area contributed by atoms with Gasteiger partial charge in [0.05, 0.1) is 21.8 Å². The number of aromatic nitrogens is 3. The van der Waals surface area contributed by atoms with Crippen LogP contribution < -0.4 is 10.6 Å². The van der Waals surface area contributed by atoms with Crippen LogP contribution in [-0.2, 0) is 17.8 Å². The molecule has 1 heterocycles. The Hall–Kier alpha value is -2.55. The molecule has 0 saturated carbocycles. The fourth-order valence-corrected chi connectivity index (χ4v) is 4.26. The Bertz CT molecular complexity index is 1130. The van der Waals surface area contributed by atoms with Crippen molar-refractivity contribution in [2.24, 2.45) is 0 Å². The summed E-state index contributed by atoms with van der Waals surface area (Å²) in [6, 6.07) is 12.1. The van der Waals surface area contributed by atoms with Crippen molar-refractivity contribution in [2.45, 2.75) is 44.9 Å². The number of hydrogen-bond acceptors (Lipinski definition) is 5. The van der Waals surface area contributed by atoms with Crippen LogP contribution in [0.2, 0.25) is 10.0 Å². The zero-order valence-electron chi connectivity index (χ0n) is 18.6. The topological polar surface area (TPSA) is 88.9 Å². The normalized spacial score (nSPS) is 11.8. The molecule has 0 radical (unpaired) electrons. The molecule has 33 heavy (non-hydrogen) atoms. The average Bonchev–Trinajstić information content (AvgIpc) is 3.23. The summed E-state index contributed by atoms with van der Waals surface area (Å²) in [6.07, 6.45) is 0.950. The van der Waals surface area contributed by atoms with Gasteiger partial charge in [-0.1, -0.05) is 54.0 Å². The number of thioether (sulfide) groups is 1. The molecule has 1 aromatic heterocycles. The monoisotopic (exact) mass is 505 g/mol. The zero-order chi connectivity index (χ0) is 24.0. The number of anilines is 1. The molecule has 174 valence electrons. The molecule has 2 amide bonds. The lowest BCUT2D eigenvalue weighted by molar-refractivity contribution is -0.113. The largest absolute Gasteiger partial charge is 0.342 e. The summed E-state index contributed by atoms with van der Waals surface area (Å²) in [5.41, 5.74) is 2.37. The molecule has 2 N–H and O–H groups in total. The molecule has 0 bridgehead atoms. The SMILES string of the molecule is CCc1ccc(NC(=O)CSc2nnc([C@H](C)NC(=O)c3ccc(Cl)c(Cl)c3)n2CC)cc1. The van der Waals surface area contributed by atoms with Crippen LogP contribution in [0.5, 0.6) is 0 Å². The van der Waals surface area contributed by atoms with Gasteiger partial charge in [-0.3, -0.25) is 9.59 Å². The predicted octanol–water partition coefficient (Wildman–Crippen LogP) is 5.39. The van der Waals surface area contributed by atoms with Crippen LogP contribution in [0.3, 0.4) is 0 Å². The van der Waals surface area contributed by atoms with Crippen molar-refractivity contribution in [3.8, 4) is 0 Å². The molecule has 1 atom stereocenters. The molecular formula is C23H25Cl2N5O2S. The second kappa shape index (κ2) is 11.5.